The van der Waals surface area contributed by atoms with Crippen LogP contribution in [0.15, 0.2) is 27.8 Å². The number of hydrogen-bond acceptors (Lipinski definition) is 4. The van der Waals surface area contributed by atoms with E-state index < -0.39 is 0 Å². The molecule has 0 amide bonds. The van der Waals surface area contributed by atoms with Gasteiger partial charge in [-0.25, -0.2) is 0 Å². The standard InChI is InChI=1S/C15H26N4O2/c1-3-18(4-2)13(14-6-5-9-21-14)12-17-15(16)19-7-10-20-11-8-19/h5-6,9,13H,3-4,7-8,10-12H2,1-2H3,(H2,16,17). The van der Waals surface area contributed by atoms with E-state index in [1.165, 1.54) is 0 Å². The molecule has 1 aromatic heterocycles. The molecule has 2 heterocycles. The highest BCUT2D eigenvalue weighted by atomic mass is 16.5. The van der Waals surface area contributed by atoms with Gasteiger partial charge in [0.15, 0.2) is 5.96 Å². The molecule has 0 spiro atoms. The summed E-state index contributed by atoms with van der Waals surface area (Å²) in [5, 5.41) is 0. The Labute approximate surface area is 126 Å². The fourth-order valence-electron chi connectivity index (χ4n) is 2.60. The zero-order chi connectivity index (χ0) is 15.1. The average Bonchev–Trinajstić information content (AvgIpc) is 3.06. The summed E-state index contributed by atoms with van der Waals surface area (Å²) >= 11 is 0. The van der Waals surface area contributed by atoms with E-state index in [4.69, 9.17) is 14.9 Å². The number of hydrogen-bond donors (Lipinski definition) is 1. The van der Waals surface area contributed by atoms with Gasteiger partial charge in [0.25, 0.3) is 0 Å². The number of nitrogens with zero attached hydrogens (tertiary/aromatic N) is 3. The summed E-state index contributed by atoms with van der Waals surface area (Å²) in [5.74, 6) is 1.54. The predicted octanol–water partition coefficient (Wildman–Crippen LogP) is 1.31. The van der Waals surface area contributed by atoms with Gasteiger partial charge in [0.1, 0.15) is 5.76 Å². The summed E-state index contributed by atoms with van der Waals surface area (Å²) in [6.07, 6.45) is 1.71. The van der Waals surface area contributed by atoms with Gasteiger partial charge in [-0.3, -0.25) is 9.89 Å². The van der Waals surface area contributed by atoms with Crippen molar-refractivity contribution in [3.05, 3.63) is 24.2 Å². The molecular weight excluding hydrogens is 268 g/mol. The molecule has 1 saturated heterocycles. The maximum atomic E-state index is 6.10. The summed E-state index contributed by atoms with van der Waals surface area (Å²) in [5.41, 5.74) is 6.10. The molecule has 1 fully saturated rings. The van der Waals surface area contributed by atoms with Gasteiger partial charge in [-0.05, 0) is 25.2 Å². The maximum absolute atomic E-state index is 6.10. The van der Waals surface area contributed by atoms with Gasteiger partial charge in [-0.1, -0.05) is 13.8 Å². The number of ether oxygens (including phenoxy) is 1. The molecule has 0 aromatic carbocycles. The molecule has 1 aromatic rings. The highest BCUT2D eigenvalue weighted by Crippen LogP contribution is 2.21. The fraction of sp³-hybridized carbons (Fsp3) is 0.667. The van der Waals surface area contributed by atoms with Crippen molar-refractivity contribution >= 4 is 5.96 Å². The summed E-state index contributed by atoms with van der Waals surface area (Å²) in [6.45, 7) is 9.87. The Bertz CT molecular complexity index is 423. The third kappa shape index (κ3) is 4.22. The lowest BCUT2D eigenvalue weighted by Gasteiger charge is -2.29. The molecule has 0 bridgehead atoms. The summed E-state index contributed by atoms with van der Waals surface area (Å²) in [4.78, 5) is 8.99. The van der Waals surface area contributed by atoms with Gasteiger partial charge >= 0.3 is 0 Å². The number of aliphatic imine (C=N–C) groups is 1. The average molecular weight is 294 g/mol. The molecule has 0 radical (unpaired) electrons. The maximum Gasteiger partial charge on any atom is 0.191 e. The van der Waals surface area contributed by atoms with Crippen LogP contribution in [0.25, 0.3) is 0 Å². The summed E-state index contributed by atoms with van der Waals surface area (Å²) in [6, 6.07) is 4.05. The molecule has 1 aliphatic heterocycles. The second kappa shape index (κ2) is 8.05. The Morgan fingerprint density at radius 1 is 1.38 bits per heavy atom. The molecule has 6 heteroatoms. The van der Waals surface area contributed by atoms with Gasteiger partial charge in [0.2, 0.25) is 0 Å². The summed E-state index contributed by atoms with van der Waals surface area (Å²) in [7, 11) is 0. The number of furan rings is 1. The van der Waals surface area contributed by atoms with E-state index in [1.54, 1.807) is 6.26 Å². The first kappa shape index (κ1) is 15.9. The van der Waals surface area contributed by atoms with Gasteiger partial charge in [0.05, 0.1) is 32.1 Å². The first-order valence-corrected chi connectivity index (χ1v) is 7.66. The smallest absolute Gasteiger partial charge is 0.191 e. The van der Waals surface area contributed by atoms with Crippen molar-refractivity contribution in [1.82, 2.24) is 9.80 Å². The van der Waals surface area contributed by atoms with Crippen LogP contribution in [0, 0.1) is 0 Å². The third-order valence-electron chi connectivity index (χ3n) is 3.89. The lowest BCUT2D eigenvalue weighted by Crippen LogP contribution is -2.45. The van der Waals surface area contributed by atoms with Gasteiger partial charge in [-0.2, -0.15) is 0 Å². The van der Waals surface area contributed by atoms with Crippen LogP contribution < -0.4 is 5.73 Å². The molecule has 1 atom stereocenters. The van der Waals surface area contributed by atoms with Crippen LogP contribution in [0.2, 0.25) is 0 Å². The lowest BCUT2D eigenvalue weighted by atomic mass is 10.2. The monoisotopic (exact) mass is 294 g/mol. The minimum atomic E-state index is 0.134. The number of likely N-dealkylation sites (N-methyl/N-ethyl adjacent to an activating group) is 1. The normalized spacial score (nSPS) is 18.2. The molecule has 118 valence electrons. The van der Waals surface area contributed by atoms with Crippen LogP contribution in [0.5, 0.6) is 0 Å². The molecule has 0 saturated carbocycles. The van der Waals surface area contributed by atoms with Crippen LogP contribution in [-0.2, 0) is 4.74 Å². The van der Waals surface area contributed by atoms with Crippen LogP contribution in [0.4, 0.5) is 0 Å². The van der Waals surface area contributed by atoms with Crippen molar-refractivity contribution in [3.8, 4) is 0 Å². The van der Waals surface area contributed by atoms with Crippen LogP contribution in [0.1, 0.15) is 25.6 Å². The molecule has 1 aliphatic rings. The zero-order valence-electron chi connectivity index (χ0n) is 13.0. The Hall–Kier alpha value is -1.53. The summed E-state index contributed by atoms with van der Waals surface area (Å²) < 4.78 is 10.9. The van der Waals surface area contributed by atoms with Gasteiger partial charge in [-0.15, -0.1) is 0 Å². The van der Waals surface area contributed by atoms with Crippen molar-refractivity contribution in [3.63, 3.8) is 0 Å². The highest BCUT2D eigenvalue weighted by Gasteiger charge is 2.21. The van der Waals surface area contributed by atoms with E-state index in [-0.39, 0.29) is 6.04 Å². The molecule has 0 aliphatic carbocycles. The minimum Gasteiger partial charge on any atom is -0.468 e. The lowest BCUT2D eigenvalue weighted by molar-refractivity contribution is 0.0673. The third-order valence-corrected chi connectivity index (χ3v) is 3.89. The fourth-order valence-corrected chi connectivity index (χ4v) is 2.60. The molecular formula is C15H26N4O2. The highest BCUT2D eigenvalue weighted by molar-refractivity contribution is 5.78. The second-order valence-corrected chi connectivity index (χ2v) is 5.05. The predicted molar refractivity (Wildman–Crippen MR) is 83.3 cm³/mol. The SMILES string of the molecule is CCN(CC)C(CN=C(N)N1CCOCC1)c1ccco1. The molecule has 21 heavy (non-hydrogen) atoms. The molecule has 2 N–H and O–H groups in total. The van der Waals surface area contributed by atoms with Crippen molar-refractivity contribution in [2.45, 2.75) is 19.9 Å². The quantitative estimate of drug-likeness (QED) is 0.633. The van der Waals surface area contributed by atoms with Crippen LogP contribution in [-0.4, -0.2) is 61.7 Å². The van der Waals surface area contributed by atoms with Crippen molar-refractivity contribution in [2.24, 2.45) is 10.7 Å². The minimum absolute atomic E-state index is 0.134. The number of morpholine rings is 1. The van der Waals surface area contributed by atoms with E-state index in [2.05, 4.69) is 28.6 Å². The number of guanidine groups is 1. The van der Waals surface area contributed by atoms with Gasteiger partial charge < -0.3 is 19.8 Å². The van der Waals surface area contributed by atoms with Crippen LogP contribution >= 0.6 is 0 Å². The Morgan fingerprint density at radius 2 is 2.10 bits per heavy atom. The van der Waals surface area contributed by atoms with E-state index in [0.717, 1.165) is 31.9 Å². The Balaban J connectivity index is 2.04. The van der Waals surface area contributed by atoms with Crippen LogP contribution in [0.3, 0.4) is 0 Å². The largest absolute Gasteiger partial charge is 0.468 e. The van der Waals surface area contributed by atoms with E-state index in [0.29, 0.717) is 25.7 Å². The first-order valence-electron chi connectivity index (χ1n) is 7.66. The Morgan fingerprint density at radius 3 is 2.67 bits per heavy atom. The zero-order valence-corrected chi connectivity index (χ0v) is 13.0. The van der Waals surface area contributed by atoms with Crippen molar-refractivity contribution < 1.29 is 9.15 Å². The molecule has 2 rings (SSSR count). The Kier molecular flexibility index (Phi) is 6.07. The van der Waals surface area contributed by atoms with Crippen molar-refractivity contribution in [1.29, 1.82) is 0 Å². The molecule has 1 unspecified atom stereocenters. The van der Waals surface area contributed by atoms with E-state index >= 15 is 0 Å². The second-order valence-electron chi connectivity index (χ2n) is 5.05. The van der Waals surface area contributed by atoms with E-state index in [1.807, 2.05) is 12.1 Å². The number of rotatable bonds is 6. The van der Waals surface area contributed by atoms with Crippen molar-refractivity contribution in [2.75, 3.05) is 45.9 Å². The topological polar surface area (TPSA) is 67.2 Å². The van der Waals surface area contributed by atoms with Gasteiger partial charge in [0, 0.05) is 13.1 Å². The first-order chi connectivity index (χ1) is 10.3. The van der Waals surface area contributed by atoms with E-state index in [9.17, 15) is 0 Å². The molecule has 6 nitrogen and oxygen atoms in total. The number of nitrogens with two attached hydrogens (primary N) is 1.